The number of carbonyl (C=O) groups is 1. The van der Waals surface area contributed by atoms with Crippen LogP contribution in [0.3, 0.4) is 0 Å². The molecular formula is C9H12N4O3S2. The van der Waals surface area contributed by atoms with Gasteiger partial charge in [-0.05, 0) is 6.92 Å². The Morgan fingerprint density at radius 3 is 2.78 bits per heavy atom. The highest BCUT2D eigenvalue weighted by atomic mass is 32.2. The molecule has 1 amide bonds. The summed E-state index contributed by atoms with van der Waals surface area (Å²) in [7, 11) is -3.75. The zero-order valence-corrected chi connectivity index (χ0v) is 11.4. The molecule has 0 spiro atoms. The summed E-state index contributed by atoms with van der Waals surface area (Å²) < 4.78 is 25.8. The van der Waals surface area contributed by atoms with Crippen LogP contribution in [0.5, 0.6) is 0 Å². The van der Waals surface area contributed by atoms with E-state index < -0.39 is 16.1 Å². The average Bonchev–Trinajstić information content (AvgIpc) is 2.65. The van der Waals surface area contributed by atoms with E-state index in [1.165, 1.54) is 6.92 Å². The van der Waals surface area contributed by atoms with Gasteiger partial charge in [-0.15, -0.1) is 22.5 Å². The van der Waals surface area contributed by atoms with Gasteiger partial charge >= 0.3 is 0 Å². The van der Waals surface area contributed by atoms with E-state index in [1.54, 1.807) is 6.92 Å². The number of sulfonamides is 1. The van der Waals surface area contributed by atoms with Crippen molar-refractivity contribution in [3.8, 4) is 12.3 Å². The van der Waals surface area contributed by atoms with Crippen molar-refractivity contribution in [3.05, 3.63) is 0 Å². The summed E-state index contributed by atoms with van der Waals surface area (Å²) in [6.07, 6.45) is 5.36. The smallest absolute Gasteiger partial charge is 0.270 e. The van der Waals surface area contributed by atoms with E-state index in [-0.39, 0.29) is 21.8 Å². The predicted molar refractivity (Wildman–Crippen MR) is 67.4 cm³/mol. The fourth-order valence-electron chi connectivity index (χ4n) is 1.05. The third-order valence-electron chi connectivity index (χ3n) is 1.70. The van der Waals surface area contributed by atoms with Gasteiger partial charge in [0.1, 0.15) is 0 Å². The molecule has 1 aromatic rings. The second-order valence-electron chi connectivity index (χ2n) is 3.48. The van der Waals surface area contributed by atoms with Crippen molar-refractivity contribution in [2.24, 2.45) is 0 Å². The summed E-state index contributed by atoms with van der Waals surface area (Å²) in [5, 5.41) is 9.55. The van der Waals surface area contributed by atoms with Crippen LogP contribution in [0, 0.1) is 12.3 Å². The molecule has 0 aliphatic heterocycles. The van der Waals surface area contributed by atoms with E-state index >= 15 is 0 Å². The molecule has 0 aliphatic carbocycles. The Balaban J connectivity index is 2.83. The lowest BCUT2D eigenvalue weighted by Gasteiger charge is -2.08. The van der Waals surface area contributed by atoms with E-state index in [1.807, 2.05) is 0 Å². The second kappa shape index (κ2) is 5.90. The molecule has 1 heterocycles. The molecule has 0 saturated carbocycles. The number of amides is 1. The van der Waals surface area contributed by atoms with Crippen molar-refractivity contribution in [1.29, 1.82) is 0 Å². The Kier molecular flexibility index (Phi) is 4.77. The Hall–Kier alpha value is -1.50. The molecule has 9 heteroatoms. The molecule has 1 aromatic heterocycles. The van der Waals surface area contributed by atoms with Crippen LogP contribution in [0.4, 0.5) is 5.13 Å². The first-order chi connectivity index (χ1) is 8.35. The molecule has 0 fully saturated rings. The quantitative estimate of drug-likeness (QED) is 0.595. The standard InChI is InChI=1S/C9H12N4O3S2/c1-4-5-6(2)13-18(15,16)9-12-11-8(17-9)10-7(3)14/h1,6,13H,5H2,2-3H3,(H,10,11,14). The Labute approximate surface area is 109 Å². The highest BCUT2D eigenvalue weighted by Crippen LogP contribution is 2.19. The third-order valence-corrected chi connectivity index (χ3v) is 4.50. The fraction of sp³-hybridized carbons (Fsp3) is 0.444. The molecule has 1 unspecified atom stereocenters. The van der Waals surface area contributed by atoms with Crippen LogP contribution < -0.4 is 10.0 Å². The lowest BCUT2D eigenvalue weighted by Crippen LogP contribution is -2.32. The maximum absolute atomic E-state index is 11.8. The van der Waals surface area contributed by atoms with Crippen LogP contribution in [0.15, 0.2) is 4.34 Å². The van der Waals surface area contributed by atoms with Crippen molar-refractivity contribution in [2.45, 2.75) is 30.6 Å². The molecule has 18 heavy (non-hydrogen) atoms. The number of nitrogens with one attached hydrogen (secondary N) is 2. The number of hydrogen-bond acceptors (Lipinski definition) is 6. The molecule has 2 N–H and O–H groups in total. The highest BCUT2D eigenvalue weighted by Gasteiger charge is 2.22. The van der Waals surface area contributed by atoms with Gasteiger partial charge in [0, 0.05) is 19.4 Å². The monoisotopic (exact) mass is 288 g/mol. The summed E-state index contributed by atoms with van der Waals surface area (Å²) in [5.41, 5.74) is 0. The van der Waals surface area contributed by atoms with E-state index in [2.05, 4.69) is 26.2 Å². The fourth-order valence-corrected chi connectivity index (χ4v) is 3.26. The Morgan fingerprint density at radius 1 is 1.56 bits per heavy atom. The minimum Gasteiger partial charge on any atom is -0.301 e. The normalized spacial score (nSPS) is 12.7. The van der Waals surface area contributed by atoms with Gasteiger partial charge in [-0.1, -0.05) is 11.3 Å². The van der Waals surface area contributed by atoms with Crippen molar-refractivity contribution < 1.29 is 13.2 Å². The van der Waals surface area contributed by atoms with Gasteiger partial charge in [-0.25, -0.2) is 13.1 Å². The predicted octanol–water partition coefficient (Wildman–Crippen LogP) is 0.187. The molecule has 1 rings (SSSR count). The molecule has 7 nitrogen and oxygen atoms in total. The average molecular weight is 288 g/mol. The molecular weight excluding hydrogens is 276 g/mol. The lowest BCUT2D eigenvalue weighted by atomic mass is 10.3. The van der Waals surface area contributed by atoms with Gasteiger partial charge in [0.2, 0.25) is 15.4 Å². The highest BCUT2D eigenvalue weighted by molar-refractivity contribution is 7.91. The minimum absolute atomic E-state index is 0.132. The van der Waals surface area contributed by atoms with Crippen molar-refractivity contribution >= 4 is 32.4 Å². The first-order valence-corrected chi connectivity index (χ1v) is 7.22. The van der Waals surface area contributed by atoms with E-state index in [0.717, 1.165) is 11.3 Å². The summed E-state index contributed by atoms with van der Waals surface area (Å²) in [6.45, 7) is 2.94. The number of hydrogen-bond donors (Lipinski definition) is 2. The van der Waals surface area contributed by atoms with E-state index in [0.29, 0.717) is 0 Å². The van der Waals surface area contributed by atoms with Gasteiger partial charge < -0.3 is 5.32 Å². The first kappa shape index (κ1) is 14.6. The van der Waals surface area contributed by atoms with Crippen LogP contribution in [0.25, 0.3) is 0 Å². The van der Waals surface area contributed by atoms with Crippen LogP contribution in [-0.4, -0.2) is 30.6 Å². The van der Waals surface area contributed by atoms with Gasteiger partial charge in [0.25, 0.3) is 10.0 Å². The summed E-state index contributed by atoms with van der Waals surface area (Å²) in [6, 6.07) is -0.395. The molecule has 0 radical (unpaired) electrons. The largest absolute Gasteiger partial charge is 0.301 e. The van der Waals surface area contributed by atoms with Gasteiger partial charge in [-0.2, -0.15) is 0 Å². The zero-order chi connectivity index (χ0) is 13.8. The number of carbonyl (C=O) groups excluding carboxylic acids is 1. The van der Waals surface area contributed by atoms with Crippen LogP contribution in [0.2, 0.25) is 0 Å². The van der Waals surface area contributed by atoms with E-state index in [9.17, 15) is 13.2 Å². The topological polar surface area (TPSA) is 101 Å². The molecule has 0 saturated heterocycles. The first-order valence-electron chi connectivity index (χ1n) is 4.92. The van der Waals surface area contributed by atoms with Gasteiger partial charge in [0.15, 0.2) is 0 Å². The Bertz CT molecular complexity index is 573. The van der Waals surface area contributed by atoms with Crippen LogP contribution in [0.1, 0.15) is 20.3 Å². The van der Waals surface area contributed by atoms with Gasteiger partial charge in [0.05, 0.1) is 0 Å². The summed E-state index contributed by atoms with van der Waals surface area (Å²) in [5.74, 6) is 2.01. The number of aromatic nitrogens is 2. The number of nitrogens with zero attached hydrogens (tertiary/aromatic N) is 2. The molecule has 98 valence electrons. The second-order valence-corrected chi connectivity index (χ2v) is 6.35. The molecule has 0 aliphatic rings. The van der Waals surface area contributed by atoms with Crippen molar-refractivity contribution in [2.75, 3.05) is 5.32 Å². The molecule has 0 bridgehead atoms. The summed E-state index contributed by atoms with van der Waals surface area (Å²) in [4.78, 5) is 10.8. The molecule has 1 atom stereocenters. The number of rotatable bonds is 5. The van der Waals surface area contributed by atoms with Crippen LogP contribution >= 0.6 is 11.3 Å². The maximum atomic E-state index is 11.8. The van der Waals surface area contributed by atoms with Crippen molar-refractivity contribution in [1.82, 2.24) is 14.9 Å². The third kappa shape index (κ3) is 4.06. The van der Waals surface area contributed by atoms with Crippen molar-refractivity contribution in [3.63, 3.8) is 0 Å². The molecule has 0 aromatic carbocycles. The van der Waals surface area contributed by atoms with Crippen LogP contribution in [-0.2, 0) is 14.8 Å². The number of terminal acetylenes is 1. The zero-order valence-electron chi connectivity index (χ0n) is 9.80. The SMILES string of the molecule is C#CCC(C)NS(=O)(=O)c1nnc(NC(C)=O)s1. The number of anilines is 1. The maximum Gasteiger partial charge on any atom is 0.270 e. The van der Waals surface area contributed by atoms with E-state index in [4.69, 9.17) is 6.42 Å². The minimum atomic E-state index is -3.75. The Morgan fingerprint density at radius 2 is 2.22 bits per heavy atom. The summed E-state index contributed by atoms with van der Waals surface area (Å²) >= 11 is 0.772. The lowest BCUT2D eigenvalue weighted by molar-refractivity contribution is -0.114. The van der Waals surface area contributed by atoms with Gasteiger partial charge in [-0.3, -0.25) is 4.79 Å².